The molecule has 0 spiro atoms. The third-order valence-corrected chi connectivity index (χ3v) is 3.80. The van der Waals surface area contributed by atoms with Crippen molar-refractivity contribution in [3.63, 3.8) is 0 Å². The van der Waals surface area contributed by atoms with Crippen LogP contribution in [0.25, 0.3) is 0 Å². The van der Waals surface area contributed by atoms with Crippen LogP contribution >= 0.6 is 23.2 Å². The van der Waals surface area contributed by atoms with E-state index >= 15 is 0 Å². The lowest BCUT2D eigenvalue weighted by atomic mass is 10.2. The van der Waals surface area contributed by atoms with Crippen molar-refractivity contribution in [1.82, 2.24) is 4.31 Å². The standard InChI is InChI=1S/C11H14Cl2N2O4S/c12-5-7-14(8-6-13)20(18)19-9-10-1-3-11(4-2-10)15(16)17/h1-4H,5-9H2. The SMILES string of the molecule is O=[N+]([O-])c1ccc(COS(=O)N(CCCl)CCCl)cc1. The Bertz CT molecular complexity index is 452. The monoisotopic (exact) mass is 340 g/mol. The highest BCUT2D eigenvalue weighted by Gasteiger charge is 2.13. The van der Waals surface area contributed by atoms with Crippen molar-refractivity contribution in [2.24, 2.45) is 0 Å². The van der Waals surface area contributed by atoms with E-state index in [1.165, 1.54) is 16.4 Å². The maximum Gasteiger partial charge on any atom is 0.269 e. The van der Waals surface area contributed by atoms with Gasteiger partial charge in [0.25, 0.3) is 5.69 Å². The van der Waals surface area contributed by atoms with Crippen LogP contribution in [0.1, 0.15) is 5.56 Å². The molecule has 0 saturated heterocycles. The number of halogens is 2. The molecule has 0 N–H and O–H groups in total. The molecular formula is C11H14Cl2N2O4S. The number of nitrogens with zero attached hydrogens (tertiary/aromatic N) is 2. The number of benzene rings is 1. The van der Waals surface area contributed by atoms with Gasteiger partial charge in [-0.2, -0.15) is 4.31 Å². The molecule has 0 aliphatic carbocycles. The van der Waals surface area contributed by atoms with E-state index in [-0.39, 0.29) is 12.3 Å². The van der Waals surface area contributed by atoms with Gasteiger partial charge >= 0.3 is 0 Å². The van der Waals surface area contributed by atoms with Crippen molar-refractivity contribution < 1.29 is 13.3 Å². The molecule has 0 aromatic heterocycles. The molecule has 0 radical (unpaired) electrons. The van der Waals surface area contributed by atoms with Crippen molar-refractivity contribution >= 4 is 40.2 Å². The van der Waals surface area contributed by atoms with Gasteiger partial charge in [-0.25, -0.2) is 4.21 Å². The Morgan fingerprint density at radius 2 is 1.75 bits per heavy atom. The summed E-state index contributed by atoms with van der Waals surface area (Å²) >= 11 is 9.56. The third-order valence-electron chi connectivity index (χ3n) is 2.35. The number of alkyl halides is 2. The zero-order valence-corrected chi connectivity index (χ0v) is 12.9. The summed E-state index contributed by atoms with van der Waals surface area (Å²) in [5.74, 6) is 0.646. The average Bonchev–Trinajstić information content (AvgIpc) is 2.45. The number of non-ortho nitro benzene ring substituents is 1. The third kappa shape index (κ3) is 5.72. The molecule has 1 unspecified atom stereocenters. The summed E-state index contributed by atoms with van der Waals surface area (Å²) in [6.07, 6.45) is 0. The van der Waals surface area contributed by atoms with E-state index in [0.29, 0.717) is 30.4 Å². The number of hydrogen-bond donors (Lipinski definition) is 0. The number of nitro benzene ring substituents is 1. The largest absolute Gasteiger partial charge is 0.273 e. The molecule has 9 heteroatoms. The molecule has 0 saturated carbocycles. The Morgan fingerprint density at radius 1 is 1.20 bits per heavy atom. The molecule has 6 nitrogen and oxygen atoms in total. The first kappa shape index (κ1) is 17.3. The summed E-state index contributed by atoms with van der Waals surface area (Å²) in [4.78, 5) is 10.0. The maximum atomic E-state index is 11.9. The van der Waals surface area contributed by atoms with Gasteiger partial charge in [-0.3, -0.25) is 14.3 Å². The molecule has 0 fully saturated rings. The first-order valence-corrected chi connectivity index (χ1v) is 7.84. The number of nitro groups is 1. The lowest BCUT2D eigenvalue weighted by molar-refractivity contribution is -0.384. The highest BCUT2D eigenvalue weighted by Crippen LogP contribution is 2.13. The van der Waals surface area contributed by atoms with Crippen molar-refractivity contribution in [2.45, 2.75) is 6.61 Å². The summed E-state index contributed by atoms with van der Waals surface area (Å²) in [5, 5.41) is 10.5. The Balaban J connectivity index is 2.52. The lowest BCUT2D eigenvalue weighted by Gasteiger charge is -2.17. The van der Waals surface area contributed by atoms with Crippen LogP contribution in [-0.2, 0) is 22.1 Å². The molecule has 0 aliphatic rings. The second-order valence-electron chi connectivity index (χ2n) is 3.71. The van der Waals surface area contributed by atoms with Crippen LogP contribution in [0.5, 0.6) is 0 Å². The van der Waals surface area contributed by atoms with Crippen LogP contribution < -0.4 is 0 Å². The van der Waals surface area contributed by atoms with Gasteiger partial charge in [0.2, 0.25) is 11.3 Å². The normalized spacial score (nSPS) is 12.6. The van der Waals surface area contributed by atoms with Gasteiger partial charge in [0.15, 0.2) is 0 Å². The average molecular weight is 341 g/mol. The molecule has 1 aromatic rings. The molecule has 112 valence electrons. The van der Waals surface area contributed by atoms with Gasteiger partial charge < -0.3 is 0 Å². The highest BCUT2D eigenvalue weighted by atomic mass is 35.5. The maximum absolute atomic E-state index is 11.9. The van der Waals surface area contributed by atoms with Gasteiger partial charge in [-0.15, -0.1) is 23.2 Å². The van der Waals surface area contributed by atoms with Crippen LogP contribution in [0.2, 0.25) is 0 Å². The summed E-state index contributed by atoms with van der Waals surface area (Å²) in [7, 11) is 0. The Hall–Kier alpha value is -0.730. The molecule has 0 aliphatic heterocycles. The molecule has 1 aromatic carbocycles. The molecule has 0 heterocycles. The zero-order valence-electron chi connectivity index (χ0n) is 10.5. The molecule has 1 atom stereocenters. The topological polar surface area (TPSA) is 72.7 Å². The van der Waals surface area contributed by atoms with E-state index in [2.05, 4.69) is 0 Å². The first-order valence-electron chi connectivity index (χ1n) is 5.74. The van der Waals surface area contributed by atoms with Gasteiger partial charge in [-0.1, -0.05) is 0 Å². The molecule has 20 heavy (non-hydrogen) atoms. The Morgan fingerprint density at radius 3 is 2.20 bits per heavy atom. The zero-order chi connectivity index (χ0) is 15.0. The van der Waals surface area contributed by atoms with Gasteiger partial charge in [0.1, 0.15) is 0 Å². The van der Waals surface area contributed by atoms with Crippen molar-refractivity contribution in [1.29, 1.82) is 0 Å². The van der Waals surface area contributed by atoms with Crippen LogP contribution in [0.15, 0.2) is 24.3 Å². The Kier molecular flexibility index (Phi) is 8.01. The van der Waals surface area contributed by atoms with Crippen molar-refractivity contribution in [2.75, 3.05) is 24.8 Å². The van der Waals surface area contributed by atoms with Crippen molar-refractivity contribution in [3.05, 3.63) is 39.9 Å². The van der Waals surface area contributed by atoms with E-state index in [1.807, 2.05) is 0 Å². The molecule has 0 amide bonds. The van der Waals surface area contributed by atoms with Gasteiger partial charge in [0, 0.05) is 37.0 Å². The fraction of sp³-hybridized carbons (Fsp3) is 0.455. The smallest absolute Gasteiger partial charge is 0.269 e. The highest BCUT2D eigenvalue weighted by molar-refractivity contribution is 7.77. The fourth-order valence-electron chi connectivity index (χ4n) is 1.36. The second kappa shape index (κ2) is 9.25. The van der Waals surface area contributed by atoms with E-state index in [0.717, 1.165) is 0 Å². The predicted molar refractivity (Wildman–Crippen MR) is 79.0 cm³/mol. The minimum Gasteiger partial charge on any atom is -0.273 e. The number of hydrogen-bond acceptors (Lipinski definition) is 4. The second-order valence-corrected chi connectivity index (χ2v) is 5.65. The van der Waals surface area contributed by atoms with Crippen LogP contribution in [-0.4, -0.2) is 38.3 Å². The minimum absolute atomic E-state index is 0.000721. The number of rotatable bonds is 9. The van der Waals surface area contributed by atoms with Gasteiger partial charge in [-0.05, 0) is 17.7 Å². The summed E-state index contributed by atoms with van der Waals surface area (Å²) in [6.45, 7) is 0.897. The van der Waals surface area contributed by atoms with Crippen LogP contribution in [0, 0.1) is 10.1 Å². The van der Waals surface area contributed by atoms with Crippen LogP contribution in [0.4, 0.5) is 5.69 Å². The molecule has 1 rings (SSSR count). The Labute approximate surface area is 129 Å². The lowest BCUT2D eigenvalue weighted by Crippen LogP contribution is -2.31. The van der Waals surface area contributed by atoms with E-state index in [1.54, 1.807) is 12.1 Å². The fourth-order valence-corrected chi connectivity index (χ4v) is 2.83. The van der Waals surface area contributed by atoms with Crippen LogP contribution in [0.3, 0.4) is 0 Å². The minimum atomic E-state index is -1.64. The molecular weight excluding hydrogens is 327 g/mol. The first-order chi connectivity index (χ1) is 9.58. The summed E-state index contributed by atoms with van der Waals surface area (Å²) < 4.78 is 18.6. The van der Waals surface area contributed by atoms with E-state index in [4.69, 9.17) is 27.4 Å². The molecule has 0 bridgehead atoms. The predicted octanol–water partition coefficient (Wildman–Crippen LogP) is 2.47. The van der Waals surface area contributed by atoms with Crippen molar-refractivity contribution in [3.8, 4) is 0 Å². The van der Waals surface area contributed by atoms with E-state index < -0.39 is 16.2 Å². The van der Waals surface area contributed by atoms with E-state index in [9.17, 15) is 14.3 Å². The quantitative estimate of drug-likeness (QED) is 0.393. The summed E-state index contributed by atoms with van der Waals surface area (Å²) in [5.41, 5.74) is 0.696. The van der Waals surface area contributed by atoms with Gasteiger partial charge in [0.05, 0.1) is 11.5 Å². The summed E-state index contributed by atoms with van der Waals surface area (Å²) in [6, 6.07) is 5.86.